The minimum atomic E-state index is -3.55. The number of ether oxygens (including phenoxy) is 2. The molecule has 2 aromatic carbocycles. The maximum Gasteiger partial charge on any atom is 0.240 e. The van der Waals surface area contributed by atoms with E-state index >= 15 is 0 Å². The number of nitrogens with one attached hydrogen (secondary N) is 2. The second kappa shape index (κ2) is 12.0. The van der Waals surface area contributed by atoms with Crippen molar-refractivity contribution in [3.8, 4) is 16.9 Å². The van der Waals surface area contributed by atoms with Crippen molar-refractivity contribution >= 4 is 16.0 Å². The zero-order chi connectivity index (χ0) is 27.3. The highest BCUT2D eigenvalue weighted by Crippen LogP contribution is 2.36. The molecule has 0 aliphatic carbocycles. The van der Waals surface area contributed by atoms with E-state index in [1.807, 2.05) is 30.6 Å². The molecule has 2 atom stereocenters. The number of rotatable bonds is 10. The third-order valence-electron chi connectivity index (χ3n) is 7.38. The van der Waals surface area contributed by atoms with Gasteiger partial charge in [-0.1, -0.05) is 36.4 Å². The smallest absolute Gasteiger partial charge is 0.240 e. The second-order valence-corrected chi connectivity index (χ2v) is 12.0. The van der Waals surface area contributed by atoms with Gasteiger partial charge in [0, 0.05) is 49.7 Å². The quantitative estimate of drug-likeness (QED) is 0.346. The van der Waals surface area contributed by atoms with Gasteiger partial charge in [-0.3, -0.25) is 0 Å². The van der Waals surface area contributed by atoms with E-state index in [0.29, 0.717) is 18.9 Å². The number of hydrogen-bond donors (Lipinski definition) is 3. The van der Waals surface area contributed by atoms with Crippen molar-refractivity contribution in [1.82, 2.24) is 20.0 Å². The normalized spacial score (nSPS) is 19.7. The Kier molecular flexibility index (Phi) is 8.43. The zero-order valence-corrected chi connectivity index (χ0v) is 22.8. The van der Waals surface area contributed by atoms with Crippen LogP contribution in [0.3, 0.4) is 0 Å². The number of nitrogens with zero attached hydrogens (tertiary/aromatic N) is 3. The first-order valence-corrected chi connectivity index (χ1v) is 14.7. The lowest BCUT2D eigenvalue weighted by molar-refractivity contribution is -0.0152. The lowest BCUT2D eigenvalue weighted by atomic mass is 9.87. The Morgan fingerprint density at radius 3 is 2.56 bits per heavy atom. The first-order valence-electron chi connectivity index (χ1n) is 13.2. The number of aliphatic hydroxyl groups is 1. The van der Waals surface area contributed by atoms with E-state index in [0.717, 1.165) is 49.4 Å². The maximum absolute atomic E-state index is 12.0. The number of hydrogen-bond acceptors (Lipinski definition) is 9. The Bertz CT molecular complexity index is 1330. The molecule has 0 bridgehead atoms. The number of aromatic nitrogens is 2. The Morgan fingerprint density at radius 1 is 1.10 bits per heavy atom. The molecule has 0 radical (unpaired) electrons. The fraction of sp³-hybridized carbons (Fsp3) is 0.429. The first-order chi connectivity index (χ1) is 18.9. The van der Waals surface area contributed by atoms with Crippen molar-refractivity contribution in [2.24, 2.45) is 0 Å². The number of piperidine rings is 1. The first kappa shape index (κ1) is 27.5. The standard InChI is InChI=1S/C28H35N5O5S/c1-29-39(35,36)26-9-5-8-25(14-26)37-20-24(34)18-30-23-15-28(38-19-23)10-12-33(13-11-28)27-31-16-22(17-32-27)21-6-3-2-4-7-21/h2-9,14,16-17,23-24,29-30,34H,10-13,15,18-20H2,1H3/t23-,24+/m1/s1. The highest BCUT2D eigenvalue weighted by atomic mass is 32.2. The Balaban J connectivity index is 1.05. The lowest BCUT2D eigenvalue weighted by Gasteiger charge is -2.38. The molecule has 2 fully saturated rings. The molecule has 3 aromatic rings. The zero-order valence-electron chi connectivity index (χ0n) is 22.0. The van der Waals surface area contributed by atoms with Crippen molar-refractivity contribution in [2.75, 3.05) is 44.8 Å². The van der Waals surface area contributed by atoms with E-state index in [1.54, 1.807) is 12.1 Å². The van der Waals surface area contributed by atoms with Gasteiger partial charge in [0.1, 0.15) is 18.5 Å². The monoisotopic (exact) mass is 553 g/mol. The number of anilines is 1. The third kappa shape index (κ3) is 6.74. The van der Waals surface area contributed by atoms with Crippen LogP contribution in [0.4, 0.5) is 5.95 Å². The number of benzene rings is 2. The number of aliphatic hydroxyl groups excluding tert-OH is 1. The van der Waals surface area contributed by atoms with Crippen molar-refractivity contribution in [3.63, 3.8) is 0 Å². The molecule has 0 saturated carbocycles. The van der Waals surface area contributed by atoms with E-state index < -0.39 is 16.1 Å². The van der Waals surface area contributed by atoms with Crippen LogP contribution in [0.1, 0.15) is 19.3 Å². The van der Waals surface area contributed by atoms with Gasteiger partial charge in [-0.05, 0) is 44.0 Å². The van der Waals surface area contributed by atoms with E-state index in [4.69, 9.17) is 9.47 Å². The highest BCUT2D eigenvalue weighted by molar-refractivity contribution is 7.89. The van der Waals surface area contributed by atoms with E-state index in [1.165, 1.54) is 19.2 Å². The van der Waals surface area contributed by atoms with Gasteiger partial charge >= 0.3 is 0 Å². The Labute approximate surface area is 229 Å². The molecule has 2 aliphatic heterocycles. The molecule has 5 rings (SSSR count). The van der Waals surface area contributed by atoms with Crippen LogP contribution >= 0.6 is 0 Å². The summed E-state index contributed by atoms with van der Waals surface area (Å²) in [5, 5.41) is 13.8. The fourth-order valence-electron chi connectivity index (χ4n) is 5.11. The minimum absolute atomic E-state index is 0.0484. The summed E-state index contributed by atoms with van der Waals surface area (Å²) in [6, 6.07) is 16.5. The summed E-state index contributed by atoms with van der Waals surface area (Å²) in [5.74, 6) is 1.13. The Morgan fingerprint density at radius 2 is 1.85 bits per heavy atom. The molecule has 39 heavy (non-hydrogen) atoms. The molecule has 10 nitrogen and oxygen atoms in total. The summed E-state index contributed by atoms with van der Waals surface area (Å²) < 4.78 is 38.1. The maximum atomic E-state index is 12.0. The summed E-state index contributed by atoms with van der Waals surface area (Å²) in [6.07, 6.45) is 5.68. The van der Waals surface area contributed by atoms with Crippen molar-refractivity contribution in [1.29, 1.82) is 0 Å². The fourth-order valence-corrected chi connectivity index (χ4v) is 5.87. The average Bonchev–Trinajstić information content (AvgIpc) is 3.38. The summed E-state index contributed by atoms with van der Waals surface area (Å²) in [4.78, 5) is 11.5. The van der Waals surface area contributed by atoms with Crippen LogP contribution in [-0.4, -0.2) is 81.1 Å². The summed E-state index contributed by atoms with van der Waals surface area (Å²) in [6.45, 7) is 2.66. The molecule has 3 heterocycles. The average molecular weight is 554 g/mol. The van der Waals surface area contributed by atoms with Gasteiger partial charge in [-0.15, -0.1) is 0 Å². The van der Waals surface area contributed by atoms with Crippen LogP contribution < -0.4 is 19.7 Å². The van der Waals surface area contributed by atoms with Gasteiger partial charge in [0.2, 0.25) is 16.0 Å². The van der Waals surface area contributed by atoms with Crippen LogP contribution in [0.15, 0.2) is 71.9 Å². The van der Waals surface area contributed by atoms with Crippen LogP contribution in [-0.2, 0) is 14.8 Å². The number of sulfonamides is 1. The Hall–Kier alpha value is -3.09. The van der Waals surface area contributed by atoms with Gasteiger partial charge in [-0.25, -0.2) is 23.1 Å². The van der Waals surface area contributed by atoms with E-state index in [9.17, 15) is 13.5 Å². The molecule has 0 amide bonds. The van der Waals surface area contributed by atoms with Gasteiger partial charge in [-0.2, -0.15) is 0 Å². The molecule has 208 valence electrons. The van der Waals surface area contributed by atoms with Crippen LogP contribution in [0.25, 0.3) is 11.1 Å². The molecule has 3 N–H and O–H groups in total. The third-order valence-corrected chi connectivity index (χ3v) is 8.79. The lowest BCUT2D eigenvalue weighted by Crippen LogP contribution is -2.45. The van der Waals surface area contributed by atoms with Gasteiger partial charge in [0.25, 0.3) is 0 Å². The molecule has 1 spiro atoms. The van der Waals surface area contributed by atoms with Gasteiger partial charge in [0.05, 0.1) is 17.1 Å². The minimum Gasteiger partial charge on any atom is -0.491 e. The topological polar surface area (TPSA) is 126 Å². The van der Waals surface area contributed by atoms with E-state index in [2.05, 4.69) is 37.0 Å². The predicted molar refractivity (Wildman–Crippen MR) is 148 cm³/mol. The molecular weight excluding hydrogens is 518 g/mol. The molecule has 1 aromatic heterocycles. The second-order valence-electron chi connectivity index (χ2n) is 10.1. The van der Waals surface area contributed by atoms with Crippen molar-refractivity contribution in [2.45, 2.75) is 41.9 Å². The van der Waals surface area contributed by atoms with Gasteiger partial charge < -0.3 is 24.8 Å². The molecule has 0 unspecified atom stereocenters. The molecular formula is C28H35N5O5S. The summed E-state index contributed by atoms with van der Waals surface area (Å²) in [7, 11) is -2.20. The van der Waals surface area contributed by atoms with Crippen LogP contribution in [0.5, 0.6) is 5.75 Å². The van der Waals surface area contributed by atoms with Gasteiger partial charge in [0.15, 0.2) is 0 Å². The van der Waals surface area contributed by atoms with Crippen LogP contribution in [0, 0.1) is 0 Å². The SMILES string of the molecule is CNS(=O)(=O)c1cccc(OC[C@@H](O)CN[C@H]2COC3(CCN(c4ncc(-c5ccccc5)cn4)CC3)C2)c1. The molecule has 2 aliphatic rings. The predicted octanol–water partition coefficient (Wildman–Crippen LogP) is 2.21. The summed E-state index contributed by atoms with van der Waals surface area (Å²) in [5.41, 5.74) is 1.94. The highest BCUT2D eigenvalue weighted by Gasteiger charge is 2.43. The molecule has 2 saturated heterocycles. The van der Waals surface area contributed by atoms with Crippen molar-refractivity contribution in [3.05, 3.63) is 67.0 Å². The summed E-state index contributed by atoms with van der Waals surface area (Å²) >= 11 is 0. The van der Waals surface area contributed by atoms with Crippen molar-refractivity contribution < 1.29 is 23.0 Å². The molecule has 11 heteroatoms. The van der Waals surface area contributed by atoms with Crippen LogP contribution in [0.2, 0.25) is 0 Å². The largest absolute Gasteiger partial charge is 0.491 e. The van der Waals surface area contributed by atoms with E-state index in [-0.39, 0.29) is 23.1 Å².